The van der Waals surface area contributed by atoms with Gasteiger partial charge in [0.1, 0.15) is 17.5 Å². The summed E-state index contributed by atoms with van der Waals surface area (Å²) in [5, 5.41) is 6.30. The van der Waals surface area contributed by atoms with Crippen LogP contribution in [0.2, 0.25) is 5.02 Å². The third kappa shape index (κ3) is 7.74. The molecule has 0 aliphatic rings. The van der Waals surface area contributed by atoms with Gasteiger partial charge in [-0.2, -0.15) is 23.3 Å². The van der Waals surface area contributed by atoms with Crippen molar-refractivity contribution in [3.8, 4) is 22.8 Å². The van der Waals surface area contributed by atoms with Crippen molar-refractivity contribution in [3.05, 3.63) is 71.0 Å². The fourth-order valence-electron chi connectivity index (χ4n) is 3.80. The molecular formula is C27H25ClF4N6O5. The normalized spacial score (nSPS) is 11.6. The van der Waals surface area contributed by atoms with Crippen molar-refractivity contribution >= 4 is 29.2 Å². The zero-order chi connectivity index (χ0) is 31.1. The fourth-order valence-corrected chi connectivity index (χ4v) is 3.98. The van der Waals surface area contributed by atoms with Crippen LogP contribution in [0.1, 0.15) is 23.0 Å². The van der Waals surface area contributed by atoms with E-state index in [1.54, 1.807) is 6.92 Å². The van der Waals surface area contributed by atoms with E-state index in [9.17, 15) is 22.4 Å². The lowest BCUT2D eigenvalue weighted by atomic mass is 10.1. The summed E-state index contributed by atoms with van der Waals surface area (Å²) >= 11 is 5.85. The van der Waals surface area contributed by atoms with Gasteiger partial charge in [-0.1, -0.05) is 11.6 Å². The van der Waals surface area contributed by atoms with E-state index in [0.29, 0.717) is 5.69 Å². The number of carbonyl (C=O) groups is 1. The lowest BCUT2D eigenvalue weighted by molar-refractivity contribution is -0.141. The van der Waals surface area contributed by atoms with E-state index in [4.69, 9.17) is 30.5 Å². The van der Waals surface area contributed by atoms with E-state index < -0.39 is 29.8 Å². The van der Waals surface area contributed by atoms with Crippen LogP contribution in [0.3, 0.4) is 0 Å². The highest BCUT2D eigenvalue weighted by molar-refractivity contribution is 6.31. The molecule has 4 aromatic rings. The number of carbonyl (C=O) groups excluding carboxylic acids is 1. The molecule has 16 heteroatoms. The molecule has 0 unspecified atom stereocenters. The molecule has 11 nitrogen and oxygen atoms in total. The molecule has 0 radical (unpaired) electrons. The van der Waals surface area contributed by atoms with E-state index >= 15 is 0 Å². The largest absolute Gasteiger partial charge is 0.469 e. The summed E-state index contributed by atoms with van der Waals surface area (Å²) in [6, 6.07) is 5.96. The van der Waals surface area contributed by atoms with Crippen LogP contribution in [0.15, 0.2) is 48.9 Å². The Kier molecular flexibility index (Phi) is 10.1. The topological polar surface area (TPSA) is 123 Å². The van der Waals surface area contributed by atoms with E-state index in [1.807, 2.05) is 0 Å². The van der Waals surface area contributed by atoms with Crippen molar-refractivity contribution < 1.29 is 41.3 Å². The van der Waals surface area contributed by atoms with Gasteiger partial charge in [0, 0.05) is 49.6 Å². The summed E-state index contributed by atoms with van der Waals surface area (Å²) in [6.07, 6.45) is -1.63. The Labute approximate surface area is 247 Å². The molecule has 4 rings (SSSR count). The SMILES string of the molecule is CCOC(=O)c1cc(-c2cnc(Nc3ccc(F)c(Cl)c3)nc2-n2ccc(C(F)(F)F)n2)cnc1OC(COC)COC. The Morgan fingerprint density at radius 3 is 2.47 bits per heavy atom. The first-order chi connectivity index (χ1) is 20.5. The molecule has 0 atom stereocenters. The number of ether oxygens (including phenoxy) is 4. The zero-order valence-electron chi connectivity index (χ0n) is 23.0. The van der Waals surface area contributed by atoms with Gasteiger partial charge < -0.3 is 24.3 Å². The second-order valence-electron chi connectivity index (χ2n) is 8.78. The van der Waals surface area contributed by atoms with Crippen LogP contribution in [-0.4, -0.2) is 70.8 Å². The number of nitrogens with zero attached hydrogens (tertiary/aromatic N) is 5. The minimum absolute atomic E-state index is 0.0533. The van der Waals surface area contributed by atoms with Gasteiger partial charge in [-0.05, 0) is 37.3 Å². The van der Waals surface area contributed by atoms with Crippen molar-refractivity contribution in [2.75, 3.05) is 39.4 Å². The van der Waals surface area contributed by atoms with E-state index in [0.717, 1.165) is 23.0 Å². The smallest absolute Gasteiger partial charge is 0.435 e. The molecule has 1 N–H and O–H groups in total. The summed E-state index contributed by atoms with van der Waals surface area (Å²) in [6.45, 7) is 1.94. The Morgan fingerprint density at radius 1 is 1.09 bits per heavy atom. The first-order valence-corrected chi connectivity index (χ1v) is 13.0. The molecule has 1 aromatic carbocycles. The highest BCUT2D eigenvalue weighted by Crippen LogP contribution is 2.32. The minimum Gasteiger partial charge on any atom is -0.469 e. The van der Waals surface area contributed by atoms with E-state index in [-0.39, 0.29) is 59.2 Å². The lowest BCUT2D eigenvalue weighted by Crippen LogP contribution is -2.28. The van der Waals surface area contributed by atoms with Crippen LogP contribution in [0, 0.1) is 5.82 Å². The van der Waals surface area contributed by atoms with Crippen LogP contribution in [-0.2, 0) is 20.4 Å². The number of nitrogens with one attached hydrogen (secondary N) is 1. The van der Waals surface area contributed by atoms with Crippen LogP contribution in [0.5, 0.6) is 5.88 Å². The lowest BCUT2D eigenvalue weighted by Gasteiger charge is -2.19. The molecule has 0 aliphatic carbocycles. The predicted molar refractivity (Wildman–Crippen MR) is 146 cm³/mol. The van der Waals surface area contributed by atoms with Crippen molar-refractivity contribution in [2.45, 2.75) is 19.2 Å². The highest BCUT2D eigenvalue weighted by Gasteiger charge is 2.34. The van der Waals surface area contributed by atoms with Crippen molar-refractivity contribution in [1.82, 2.24) is 24.7 Å². The molecule has 228 valence electrons. The minimum atomic E-state index is -4.72. The molecule has 0 amide bonds. The monoisotopic (exact) mass is 624 g/mol. The summed E-state index contributed by atoms with van der Waals surface area (Å²) < 4.78 is 76.0. The number of benzene rings is 1. The zero-order valence-corrected chi connectivity index (χ0v) is 23.7. The van der Waals surface area contributed by atoms with Crippen LogP contribution < -0.4 is 10.1 Å². The highest BCUT2D eigenvalue weighted by atomic mass is 35.5. The first-order valence-electron chi connectivity index (χ1n) is 12.6. The molecule has 0 fully saturated rings. The van der Waals surface area contributed by atoms with Gasteiger partial charge in [-0.25, -0.2) is 23.8 Å². The Balaban J connectivity index is 1.82. The number of pyridine rings is 1. The molecular weight excluding hydrogens is 600 g/mol. The maximum atomic E-state index is 13.6. The summed E-state index contributed by atoms with van der Waals surface area (Å²) in [7, 11) is 2.94. The second-order valence-corrected chi connectivity index (χ2v) is 9.18. The van der Waals surface area contributed by atoms with Gasteiger partial charge in [-0.3, -0.25) is 0 Å². The van der Waals surface area contributed by atoms with Crippen LogP contribution in [0.4, 0.5) is 29.2 Å². The van der Waals surface area contributed by atoms with E-state index in [2.05, 4.69) is 25.4 Å². The summed E-state index contributed by atoms with van der Waals surface area (Å²) in [5.41, 5.74) is -0.512. The van der Waals surface area contributed by atoms with Gasteiger partial charge in [0.25, 0.3) is 0 Å². The van der Waals surface area contributed by atoms with Crippen molar-refractivity contribution in [1.29, 1.82) is 0 Å². The Bertz CT molecular complexity index is 1580. The van der Waals surface area contributed by atoms with Crippen molar-refractivity contribution in [2.24, 2.45) is 0 Å². The molecule has 0 saturated heterocycles. The van der Waals surface area contributed by atoms with Gasteiger partial charge in [0.2, 0.25) is 11.8 Å². The average molecular weight is 625 g/mol. The van der Waals surface area contributed by atoms with Gasteiger partial charge >= 0.3 is 12.1 Å². The standard InChI is InChI=1S/C27H25ClF4N6O5/c1-4-42-25(39)18-9-15(11-33-24(18)43-17(13-40-2)14-41-3)19-12-34-26(35-16-5-6-21(29)20(28)10-16)36-23(19)38-8-7-22(37-38)27(30,31)32/h5-12,17H,4,13-14H2,1-3H3,(H,34,35,36). The predicted octanol–water partition coefficient (Wildman–Crippen LogP) is 5.50. The van der Waals surface area contributed by atoms with E-state index in [1.165, 1.54) is 44.8 Å². The molecule has 0 saturated carbocycles. The van der Waals surface area contributed by atoms with Gasteiger partial charge in [-0.15, -0.1) is 0 Å². The number of hydrogen-bond donors (Lipinski definition) is 1. The number of halogens is 5. The molecule has 3 heterocycles. The molecule has 0 spiro atoms. The van der Waals surface area contributed by atoms with Crippen LogP contribution in [0.25, 0.3) is 16.9 Å². The van der Waals surface area contributed by atoms with Gasteiger partial charge in [0.05, 0.1) is 24.8 Å². The first kappa shape index (κ1) is 31.6. The molecule has 0 aliphatic heterocycles. The number of anilines is 2. The molecule has 0 bridgehead atoms. The number of rotatable bonds is 12. The van der Waals surface area contributed by atoms with Crippen LogP contribution >= 0.6 is 11.6 Å². The number of methoxy groups -OCH3 is 2. The summed E-state index contributed by atoms with van der Waals surface area (Å²) in [5.74, 6) is -1.64. The number of esters is 1. The Hall–Kier alpha value is -4.34. The third-order valence-corrected chi connectivity index (χ3v) is 5.97. The quantitative estimate of drug-likeness (QED) is 0.160. The number of hydrogen-bond acceptors (Lipinski definition) is 10. The maximum absolute atomic E-state index is 13.6. The Morgan fingerprint density at radius 2 is 1.84 bits per heavy atom. The molecule has 3 aromatic heterocycles. The number of alkyl halides is 3. The molecule has 43 heavy (non-hydrogen) atoms. The van der Waals surface area contributed by atoms with Crippen molar-refractivity contribution in [3.63, 3.8) is 0 Å². The van der Waals surface area contributed by atoms with Gasteiger partial charge in [0.15, 0.2) is 11.5 Å². The third-order valence-electron chi connectivity index (χ3n) is 5.68. The fraction of sp³-hybridized carbons (Fsp3) is 0.296. The second kappa shape index (κ2) is 13.8. The summed E-state index contributed by atoms with van der Waals surface area (Å²) in [4.78, 5) is 25.8. The number of aromatic nitrogens is 5. The maximum Gasteiger partial charge on any atom is 0.435 e. The average Bonchev–Trinajstić information content (AvgIpc) is 3.47.